The maximum Gasteiger partial charge on any atom is 0.326 e. The molecule has 1 N–H and O–H groups in total. The van der Waals surface area contributed by atoms with E-state index in [4.69, 9.17) is 37.4 Å². The number of esters is 1. The Morgan fingerprint density at radius 1 is 1.15 bits per heavy atom. The van der Waals surface area contributed by atoms with Gasteiger partial charge in [0.2, 0.25) is 5.75 Å². The molecule has 110 valence electrons. The van der Waals surface area contributed by atoms with Gasteiger partial charge in [-0.3, -0.25) is 9.59 Å². The third-order valence-corrected chi connectivity index (χ3v) is 2.79. The van der Waals surface area contributed by atoms with Gasteiger partial charge >= 0.3 is 5.97 Å². The number of alkyl halides is 2. The zero-order valence-corrected chi connectivity index (χ0v) is 12.2. The Kier molecular flexibility index (Phi) is 5.91. The molecular weight excluding hydrogens is 311 g/mol. The summed E-state index contributed by atoms with van der Waals surface area (Å²) < 4.78 is 15.0. The van der Waals surface area contributed by atoms with E-state index in [1.54, 1.807) is 0 Å². The number of phenolic OH excluding ortho intramolecular Hbond substituents is 1. The van der Waals surface area contributed by atoms with Crippen LogP contribution in [0.2, 0.25) is 0 Å². The highest BCUT2D eigenvalue weighted by Gasteiger charge is 2.26. The number of Topliss-reactive ketones (excluding diaryl/α,β-unsaturated/α-hetero) is 1. The van der Waals surface area contributed by atoms with Crippen LogP contribution in [0.3, 0.4) is 0 Å². The van der Waals surface area contributed by atoms with Crippen molar-refractivity contribution in [2.24, 2.45) is 0 Å². The highest BCUT2D eigenvalue weighted by Crippen LogP contribution is 2.45. The van der Waals surface area contributed by atoms with E-state index in [0.29, 0.717) is 0 Å². The minimum absolute atomic E-state index is 0.0175. The lowest BCUT2D eigenvalue weighted by molar-refractivity contribution is -0.131. The Morgan fingerprint density at radius 2 is 1.80 bits per heavy atom. The summed E-state index contributed by atoms with van der Waals surface area (Å²) in [5.41, 5.74) is -0.194. The van der Waals surface area contributed by atoms with Crippen molar-refractivity contribution in [2.45, 2.75) is 0 Å². The van der Waals surface area contributed by atoms with Crippen molar-refractivity contribution in [3.05, 3.63) is 11.6 Å². The van der Waals surface area contributed by atoms with Gasteiger partial charge in [0.15, 0.2) is 17.3 Å². The molecule has 0 fully saturated rings. The number of rotatable bonds is 6. The first-order chi connectivity index (χ1) is 9.49. The topological polar surface area (TPSA) is 82.1 Å². The highest BCUT2D eigenvalue weighted by atomic mass is 35.5. The van der Waals surface area contributed by atoms with Crippen molar-refractivity contribution in [1.82, 2.24) is 0 Å². The van der Waals surface area contributed by atoms with Crippen molar-refractivity contribution >= 4 is 35.0 Å². The zero-order valence-electron chi connectivity index (χ0n) is 10.7. The Morgan fingerprint density at radius 3 is 2.25 bits per heavy atom. The molecule has 20 heavy (non-hydrogen) atoms. The van der Waals surface area contributed by atoms with Crippen LogP contribution in [0.5, 0.6) is 23.0 Å². The standard InChI is InChI=1S/C12H12Cl2O6/c1-18-8-3-6(15)10(7(16)4-13)12(19-2)11(8)20-9(17)5-14/h3,15H,4-5H2,1-2H3. The van der Waals surface area contributed by atoms with Gasteiger partial charge in [-0.2, -0.15) is 0 Å². The summed E-state index contributed by atoms with van der Waals surface area (Å²) in [6, 6.07) is 1.12. The van der Waals surface area contributed by atoms with Gasteiger partial charge in [0.05, 0.1) is 20.1 Å². The number of methoxy groups -OCH3 is 2. The molecule has 8 heteroatoms. The third kappa shape index (κ3) is 3.26. The number of halogens is 2. The molecule has 6 nitrogen and oxygen atoms in total. The fourth-order valence-electron chi connectivity index (χ4n) is 1.52. The molecule has 0 amide bonds. The molecule has 0 aliphatic heterocycles. The van der Waals surface area contributed by atoms with Crippen molar-refractivity contribution in [3.8, 4) is 23.0 Å². The van der Waals surface area contributed by atoms with Gasteiger partial charge in [0.1, 0.15) is 17.2 Å². The van der Waals surface area contributed by atoms with Crippen molar-refractivity contribution in [3.63, 3.8) is 0 Å². The number of carbonyl (C=O) groups is 2. The minimum Gasteiger partial charge on any atom is -0.507 e. The van der Waals surface area contributed by atoms with Crippen LogP contribution in [-0.4, -0.2) is 42.8 Å². The number of hydrogen-bond donors (Lipinski definition) is 1. The highest BCUT2D eigenvalue weighted by molar-refractivity contribution is 6.31. The smallest absolute Gasteiger partial charge is 0.326 e. The van der Waals surface area contributed by atoms with Gasteiger partial charge in [-0.05, 0) is 0 Å². The number of ether oxygens (including phenoxy) is 3. The lowest BCUT2D eigenvalue weighted by Gasteiger charge is -2.16. The Hall–Kier alpha value is -1.66. The van der Waals surface area contributed by atoms with Gasteiger partial charge < -0.3 is 19.3 Å². The lowest BCUT2D eigenvalue weighted by atomic mass is 10.1. The quantitative estimate of drug-likeness (QED) is 0.373. The van der Waals surface area contributed by atoms with Crippen LogP contribution in [-0.2, 0) is 4.79 Å². The first-order valence-electron chi connectivity index (χ1n) is 5.33. The molecule has 0 aliphatic carbocycles. The normalized spacial score (nSPS) is 10.0. The first-order valence-corrected chi connectivity index (χ1v) is 6.40. The van der Waals surface area contributed by atoms with Crippen LogP contribution in [0.25, 0.3) is 0 Å². The number of phenols is 1. The summed E-state index contributed by atoms with van der Waals surface area (Å²) in [5, 5.41) is 9.85. The van der Waals surface area contributed by atoms with Crippen LogP contribution < -0.4 is 14.2 Å². The minimum atomic E-state index is -0.766. The first kappa shape index (κ1) is 16.4. The van der Waals surface area contributed by atoms with Crippen LogP contribution in [0.15, 0.2) is 6.07 Å². The summed E-state index contributed by atoms with van der Waals surface area (Å²) >= 11 is 10.8. The second-order valence-corrected chi connectivity index (χ2v) is 4.03. The monoisotopic (exact) mass is 322 g/mol. The summed E-state index contributed by atoms with van der Waals surface area (Å²) in [6.07, 6.45) is 0. The fourth-order valence-corrected chi connectivity index (χ4v) is 1.71. The second kappa shape index (κ2) is 7.21. The largest absolute Gasteiger partial charge is 0.507 e. The van der Waals surface area contributed by atoms with Crippen LogP contribution in [0, 0.1) is 0 Å². The predicted molar refractivity (Wildman–Crippen MR) is 72.6 cm³/mol. The second-order valence-electron chi connectivity index (χ2n) is 3.50. The molecule has 1 aromatic carbocycles. The molecule has 0 saturated carbocycles. The zero-order chi connectivity index (χ0) is 15.3. The molecule has 0 atom stereocenters. The van der Waals surface area contributed by atoms with E-state index < -0.39 is 23.4 Å². The molecule has 0 aromatic heterocycles. The van der Waals surface area contributed by atoms with Gasteiger partial charge in [-0.1, -0.05) is 0 Å². The van der Waals surface area contributed by atoms with E-state index in [-0.39, 0.29) is 28.7 Å². The van der Waals surface area contributed by atoms with Crippen molar-refractivity contribution in [2.75, 3.05) is 26.0 Å². The average molecular weight is 323 g/mol. The van der Waals surface area contributed by atoms with Gasteiger partial charge in [-0.15, -0.1) is 23.2 Å². The summed E-state index contributed by atoms with van der Waals surface area (Å²) in [5.74, 6) is -2.80. The molecule has 0 spiro atoms. The van der Waals surface area contributed by atoms with Crippen LogP contribution in [0.1, 0.15) is 10.4 Å². The summed E-state index contributed by atoms with van der Waals surface area (Å²) in [7, 11) is 2.55. The molecule has 1 aromatic rings. The maximum atomic E-state index is 11.7. The Labute approximate surface area is 125 Å². The summed E-state index contributed by atoms with van der Waals surface area (Å²) in [4.78, 5) is 23.1. The van der Waals surface area contributed by atoms with Gasteiger partial charge in [-0.25, -0.2) is 0 Å². The number of carbonyl (C=O) groups excluding carboxylic acids is 2. The van der Waals surface area contributed by atoms with Crippen LogP contribution >= 0.6 is 23.2 Å². The third-order valence-electron chi connectivity index (χ3n) is 2.33. The number of aromatic hydroxyl groups is 1. The van der Waals surface area contributed by atoms with Crippen molar-refractivity contribution < 1.29 is 28.9 Å². The fraction of sp³-hybridized carbons (Fsp3) is 0.333. The number of benzene rings is 1. The number of ketones is 1. The Bertz CT molecular complexity index is 529. The van der Waals surface area contributed by atoms with Gasteiger partial charge in [0.25, 0.3) is 0 Å². The molecule has 0 aliphatic rings. The maximum absolute atomic E-state index is 11.7. The SMILES string of the molecule is COc1cc(O)c(C(=O)CCl)c(OC)c1OC(=O)CCl. The van der Waals surface area contributed by atoms with E-state index in [9.17, 15) is 14.7 Å². The van der Waals surface area contributed by atoms with Crippen molar-refractivity contribution in [1.29, 1.82) is 0 Å². The average Bonchev–Trinajstić information content (AvgIpc) is 2.46. The molecule has 1 rings (SSSR count). The van der Waals surface area contributed by atoms with E-state index >= 15 is 0 Å². The molecule has 0 bridgehead atoms. The molecule has 0 unspecified atom stereocenters. The molecular formula is C12H12Cl2O6. The lowest BCUT2D eigenvalue weighted by Crippen LogP contribution is -2.13. The van der Waals surface area contributed by atoms with E-state index in [1.807, 2.05) is 0 Å². The Balaban J connectivity index is 3.52. The summed E-state index contributed by atoms with van der Waals surface area (Å²) in [6.45, 7) is 0. The number of hydrogen-bond acceptors (Lipinski definition) is 6. The van der Waals surface area contributed by atoms with Gasteiger partial charge in [0, 0.05) is 6.07 Å². The van der Waals surface area contributed by atoms with E-state index in [2.05, 4.69) is 0 Å². The van der Waals surface area contributed by atoms with Crippen LogP contribution in [0.4, 0.5) is 0 Å². The van der Waals surface area contributed by atoms with E-state index in [0.717, 1.165) is 6.07 Å². The molecule has 0 heterocycles. The van der Waals surface area contributed by atoms with E-state index in [1.165, 1.54) is 14.2 Å². The molecule has 0 radical (unpaired) electrons. The predicted octanol–water partition coefficient (Wildman–Crippen LogP) is 1.98. The molecule has 0 saturated heterocycles.